The van der Waals surface area contributed by atoms with E-state index in [1.807, 2.05) is 0 Å². The molecule has 0 bridgehead atoms. The first-order chi connectivity index (χ1) is 26.0. The summed E-state index contributed by atoms with van der Waals surface area (Å²) >= 11 is 11.8. The highest BCUT2D eigenvalue weighted by Gasteiger charge is 2.23. The molecular formula is C30H20Cl2N8O12S4. The Labute approximate surface area is 326 Å². The van der Waals surface area contributed by atoms with Crippen LogP contribution in [0.5, 0.6) is 0 Å². The first kappa shape index (κ1) is 40.5. The van der Waals surface area contributed by atoms with Gasteiger partial charge in [0.15, 0.2) is 0 Å². The van der Waals surface area contributed by atoms with Crippen molar-refractivity contribution in [2.45, 2.75) is 26.5 Å². The molecule has 0 saturated carbocycles. The first-order valence-corrected chi connectivity index (χ1v) is 21.4. The molecule has 20 nitrogen and oxygen atoms in total. The summed E-state index contributed by atoms with van der Waals surface area (Å²) < 4.78 is 136. The van der Waals surface area contributed by atoms with Gasteiger partial charge < -0.3 is 5.32 Å². The fourth-order valence-electron chi connectivity index (χ4n) is 5.21. The van der Waals surface area contributed by atoms with E-state index in [9.17, 15) is 51.9 Å². The molecule has 0 unspecified atom stereocenters. The van der Waals surface area contributed by atoms with Crippen molar-refractivity contribution < 1.29 is 51.9 Å². The van der Waals surface area contributed by atoms with E-state index in [0.717, 1.165) is 37.3 Å². The van der Waals surface area contributed by atoms with Crippen LogP contribution in [-0.2, 0) is 40.5 Å². The standard InChI is InChI=1S/C30H20Cl2N8O12S4/c1-14-10-26(56(50,51)52)24(13-25(14)55(47,48)49)39-40-27-19-11-16(53(41,42)43)4-2-15(19)3-7-23(27)38-37-22-9-8-21(33-30-35-28(31)34-29(32)36-30)18-6-5-17(12-20(18)22)54(44,45)46/h2-13H,1H3,(H,41,42,43)(H,44,45,46)(H,47,48,49)(H,50,51,52)(H,33,34,35,36). The number of halogens is 2. The van der Waals surface area contributed by atoms with Crippen molar-refractivity contribution in [1.82, 2.24) is 15.0 Å². The van der Waals surface area contributed by atoms with E-state index in [1.54, 1.807) is 0 Å². The molecule has 1 aromatic heterocycles. The summed E-state index contributed by atoms with van der Waals surface area (Å²) in [6.45, 7) is 1.14. The molecule has 6 aromatic rings. The highest BCUT2D eigenvalue weighted by Crippen LogP contribution is 2.42. The lowest BCUT2D eigenvalue weighted by Crippen LogP contribution is -2.05. The number of azo groups is 2. The maximum Gasteiger partial charge on any atom is 0.296 e. The molecule has 26 heteroatoms. The Hall–Kier alpha value is -5.15. The third kappa shape index (κ3) is 8.78. The number of nitrogens with one attached hydrogen (secondary N) is 1. The summed E-state index contributed by atoms with van der Waals surface area (Å²) in [5.41, 5.74) is -1.35. The predicted octanol–water partition coefficient (Wildman–Crippen LogP) is 7.35. The number of aromatic nitrogens is 3. The minimum Gasteiger partial charge on any atom is -0.323 e. The molecule has 0 saturated heterocycles. The maximum atomic E-state index is 12.3. The van der Waals surface area contributed by atoms with E-state index in [1.165, 1.54) is 36.4 Å². The lowest BCUT2D eigenvalue weighted by molar-refractivity contribution is 0.478. The van der Waals surface area contributed by atoms with Gasteiger partial charge in [-0.05, 0) is 95.7 Å². The number of benzene rings is 5. The minimum atomic E-state index is -5.08. The fraction of sp³-hybridized carbons (Fsp3) is 0.0333. The van der Waals surface area contributed by atoms with Crippen LogP contribution in [0.15, 0.2) is 113 Å². The monoisotopic (exact) mass is 882 g/mol. The molecule has 5 aromatic carbocycles. The second-order valence-corrected chi connectivity index (χ2v) is 17.7. The number of hydrogen-bond acceptors (Lipinski definition) is 16. The Balaban J connectivity index is 1.57. The molecule has 0 aliphatic rings. The molecule has 1 heterocycles. The van der Waals surface area contributed by atoms with E-state index in [4.69, 9.17) is 23.2 Å². The lowest BCUT2D eigenvalue weighted by Gasteiger charge is -2.11. The Morgan fingerprint density at radius 3 is 1.68 bits per heavy atom. The van der Waals surface area contributed by atoms with Crippen molar-refractivity contribution in [3.63, 3.8) is 0 Å². The quantitative estimate of drug-likeness (QED) is 0.0663. The van der Waals surface area contributed by atoms with Gasteiger partial charge in [0.1, 0.15) is 22.0 Å². The smallest absolute Gasteiger partial charge is 0.296 e. The highest BCUT2D eigenvalue weighted by atomic mass is 35.5. The summed E-state index contributed by atoms with van der Waals surface area (Å²) in [5, 5.41) is 19.3. The minimum absolute atomic E-state index is 0.0255. The zero-order chi connectivity index (χ0) is 41.0. The van der Waals surface area contributed by atoms with Crippen molar-refractivity contribution in [1.29, 1.82) is 0 Å². The summed E-state index contributed by atoms with van der Waals surface area (Å²) in [5.74, 6) is -0.0885. The highest BCUT2D eigenvalue weighted by molar-refractivity contribution is 7.86. The molecule has 0 aliphatic carbocycles. The topological polar surface area (TPSA) is 318 Å². The Kier molecular flexibility index (Phi) is 10.7. The van der Waals surface area contributed by atoms with Gasteiger partial charge in [0.2, 0.25) is 16.5 Å². The van der Waals surface area contributed by atoms with Gasteiger partial charge in [0.05, 0.1) is 20.4 Å². The van der Waals surface area contributed by atoms with Gasteiger partial charge in [-0.25, -0.2) is 0 Å². The molecule has 6 rings (SSSR count). The van der Waals surface area contributed by atoms with Crippen LogP contribution in [-0.4, -0.2) is 66.8 Å². The van der Waals surface area contributed by atoms with E-state index < -0.39 is 65.7 Å². The first-order valence-electron chi connectivity index (χ1n) is 14.8. The van der Waals surface area contributed by atoms with Gasteiger partial charge in [-0.3, -0.25) is 18.2 Å². The van der Waals surface area contributed by atoms with Gasteiger partial charge in [-0.1, -0.05) is 18.2 Å². The third-order valence-electron chi connectivity index (χ3n) is 7.67. The molecule has 0 aliphatic heterocycles. The number of fused-ring (bicyclic) bond motifs is 2. The molecule has 0 radical (unpaired) electrons. The molecular weight excluding hydrogens is 864 g/mol. The zero-order valence-corrected chi connectivity index (χ0v) is 32.3. The zero-order valence-electron chi connectivity index (χ0n) is 27.5. The van der Waals surface area contributed by atoms with Crippen LogP contribution in [0.4, 0.5) is 34.4 Å². The summed E-state index contributed by atoms with van der Waals surface area (Å²) in [4.78, 5) is 8.71. The molecule has 5 N–H and O–H groups in total. The second-order valence-electron chi connectivity index (χ2n) is 11.4. The average molecular weight is 884 g/mol. The Morgan fingerprint density at radius 2 is 1.07 bits per heavy atom. The van der Waals surface area contributed by atoms with Crippen molar-refractivity contribution in [3.8, 4) is 0 Å². The SMILES string of the molecule is Cc1cc(S(=O)(=O)O)c(N=Nc2c(N=Nc3ccc(Nc4nc(Cl)nc(Cl)n4)c4ccc(S(=O)(=O)O)cc34)ccc3ccc(S(=O)(=O)O)cc23)cc1S(=O)(=O)O. The Bertz CT molecular complexity index is 3150. The number of hydrogen-bond donors (Lipinski definition) is 5. The normalized spacial score (nSPS) is 13.0. The molecule has 290 valence electrons. The van der Waals surface area contributed by atoms with Gasteiger partial charge in [0.25, 0.3) is 40.5 Å². The molecule has 0 amide bonds. The molecule has 0 atom stereocenters. The fourth-order valence-corrected chi connectivity index (χ4v) is 8.01. The van der Waals surface area contributed by atoms with Gasteiger partial charge in [0, 0.05) is 21.8 Å². The number of nitrogens with zero attached hydrogens (tertiary/aromatic N) is 7. The molecule has 0 fully saturated rings. The summed E-state index contributed by atoms with van der Waals surface area (Å²) in [7, 11) is -19.6. The van der Waals surface area contributed by atoms with Crippen LogP contribution in [0.2, 0.25) is 10.6 Å². The van der Waals surface area contributed by atoms with Crippen LogP contribution < -0.4 is 5.32 Å². The van der Waals surface area contributed by atoms with E-state index in [0.29, 0.717) is 6.07 Å². The van der Waals surface area contributed by atoms with Crippen molar-refractivity contribution >= 4 is 120 Å². The maximum absolute atomic E-state index is 12.3. The van der Waals surface area contributed by atoms with Gasteiger partial charge >= 0.3 is 0 Å². The summed E-state index contributed by atoms with van der Waals surface area (Å²) in [6, 6.07) is 13.8. The third-order valence-corrected chi connectivity index (χ3v) is 11.6. The van der Waals surface area contributed by atoms with E-state index in [2.05, 4.69) is 40.7 Å². The number of aryl methyl sites for hydroxylation is 1. The van der Waals surface area contributed by atoms with Crippen molar-refractivity contribution in [3.05, 3.63) is 88.9 Å². The Morgan fingerprint density at radius 1 is 0.536 bits per heavy atom. The van der Waals surface area contributed by atoms with Gasteiger partial charge in [-0.2, -0.15) is 48.6 Å². The van der Waals surface area contributed by atoms with Gasteiger partial charge in [-0.15, -0.1) is 20.5 Å². The van der Waals surface area contributed by atoms with E-state index in [-0.39, 0.29) is 66.4 Å². The number of anilines is 2. The molecule has 0 spiro atoms. The van der Waals surface area contributed by atoms with Crippen molar-refractivity contribution in [2.75, 3.05) is 5.32 Å². The average Bonchev–Trinajstić information content (AvgIpc) is 3.08. The predicted molar refractivity (Wildman–Crippen MR) is 200 cm³/mol. The van der Waals surface area contributed by atoms with E-state index >= 15 is 0 Å². The van der Waals surface area contributed by atoms with Crippen LogP contribution in [0, 0.1) is 6.92 Å². The molecule has 56 heavy (non-hydrogen) atoms. The van der Waals surface area contributed by atoms with Crippen LogP contribution in [0.3, 0.4) is 0 Å². The van der Waals surface area contributed by atoms with Crippen LogP contribution >= 0.6 is 23.2 Å². The summed E-state index contributed by atoms with van der Waals surface area (Å²) in [6.07, 6.45) is 0. The largest absolute Gasteiger partial charge is 0.323 e. The van der Waals surface area contributed by atoms with Crippen LogP contribution in [0.1, 0.15) is 5.56 Å². The van der Waals surface area contributed by atoms with Crippen LogP contribution in [0.25, 0.3) is 21.5 Å². The van der Waals surface area contributed by atoms with Crippen molar-refractivity contribution in [2.24, 2.45) is 20.5 Å². The second kappa shape index (κ2) is 14.7. The number of rotatable bonds is 10. The lowest BCUT2D eigenvalue weighted by atomic mass is 10.1.